The lowest BCUT2D eigenvalue weighted by Crippen LogP contribution is -2.26. The number of fused-ring (bicyclic) bond motifs is 1. The first-order valence-electron chi connectivity index (χ1n) is 7.95. The number of amidine groups is 1. The highest BCUT2D eigenvalue weighted by Crippen LogP contribution is 2.47. The van der Waals surface area contributed by atoms with Gasteiger partial charge in [-0.1, -0.05) is 12.1 Å². The molecule has 1 aliphatic rings. The van der Waals surface area contributed by atoms with E-state index >= 15 is 0 Å². The zero-order valence-electron chi connectivity index (χ0n) is 13.7. The maximum Gasteiger partial charge on any atom is 0.280 e. The molecular weight excluding hydrogens is 421 g/mol. The molecule has 0 saturated carbocycles. The van der Waals surface area contributed by atoms with Crippen molar-refractivity contribution in [1.29, 1.82) is 0 Å². The van der Waals surface area contributed by atoms with Crippen LogP contribution in [0, 0.1) is 5.82 Å². The van der Waals surface area contributed by atoms with Crippen molar-refractivity contribution in [3.05, 3.63) is 93.2 Å². The number of halogens is 4. The number of rotatable bonds is 3. The van der Waals surface area contributed by atoms with Crippen LogP contribution in [0.1, 0.15) is 34.4 Å². The topological polar surface area (TPSA) is 64.2 Å². The smallest absolute Gasteiger partial charge is 0.280 e. The molecule has 2 aromatic heterocycles. The number of benzene rings is 1. The highest BCUT2D eigenvalue weighted by molar-refractivity contribution is 9.10. The van der Waals surface area contributed by atoms with Gasteiger partial charge in [-0.3, -0.25) is 4.98 Å². The highest BCUT2D eigenvalue weighted by Gasteiger charge is 2.44. The van der Waals surface area contributed by atoms with Crippen LogP contribution in [0.2, 0.25) is 0 Å². The van der Waals surface area contributed by atoms with E-state index in [2.05, 4.69) is 30.9 Å². The maximum atomic E-state index is 14.5. The third-order valence-electron chi connectivity index (χ3n) is 4.51. The van der Waals surface area contributed by atoms with Crippen molar-refractivity contribution >= 4 is 21.8 Å². The molecule has 1 unspecified atom stereocenters. The highest BCUT2D eigenvalue weighted by atomic mass is 79.9. The van der Waals surface area contributed by atoms with Crippen LogP contribution in [0.4, 0.5) is 13.2 Å². The third-order valence-corrected chi connectivity index (χ3v) is 4.95. The summed E-state index contributed by atoms with van der Waals surface area (Å²) >= 11 is 3.32. The Kier molecular flexibility index (Phi) is 4.22. The minimum Gasteiger partial charge on any atom is -0.383 e. The largest absolute Gasteiger partial charge is 0.383 e. The molecule has 3 aromatic rings. The quantitative estimate of drug-likeness (QED) is 0.626. The van der Waals surface area contributed by atoms with Gasteiger partial charge in [0, 0.05) is 18.0 Å². The number of pyridine rings is 2. The van der Waals surface area contributed by atoms with Crippen molar-refractivity contribution in [3.8, 4) is 0 Å². The first kappa shape index (κ1) is 17.7. The van der Waals surface area contributed by atoms with E-state index in [0.29, 0.717) is 21.3 Å². The third kappa shape index (κ3) is 2.71. The number of alkyl halides is 2. The fourth-order valence-corrected chi connectivity index (χ4v) is 3.77. The summed E-state index contributed by atoms with van der Waals surface area (Å²) in [6, 6.07) is 10.8. The molecule has 1 aromatic carbocycles. The van der Waals surface area contributed by atoms with Crippen molar-refractivity contribution in [3.63, 3.8) is 0 Å². The summed E-state index contributed by atoms with van der Waals surface area (Å²) in [5.41, 5.74) is 6.06. The lowest BCUT2D eigenvalue weighted by Gasteiger charge is -2.29. The van der Waals surface area contributed by atoms with E-state index < -0.39 is 23.5 Å². The summed E-state index contributed by atoms with van der Waals surface area (Å²) in [4.78, 5) is 12.4. The molecule has 3 heterocycles. The maximum absolute atomic E-state index is 14.5. The van der Waals surface area contributed by atoms with Gasteiger partial charge in [0.25, 0.3) is 6.43 Å². The first-order valence-corrected chi connectivity index (χ1v) is 8.74. The number of aromatic nitrogens is 2. The van der Waals surface area contributed by atoms with Crippen LogP contribution >= 0.6 is 15.9 Å². The van der Waals surface area contributed by atoms with Gasteiger partial charge in [-0.2, -0.15) is 0 Å². The lowest BCUT2D eigenvalue weighted by atomic mass is 9.78. The molecule has 1 atom stereocenters. The Bertz CT molecular complexity index is 1070. The van der Waals surface area contributed by atoms with Crippen LogP contribution in [-0.2, 0) is 5.54 Å². The molecule has 0 radical (unpaired) electrons. The average Bonchev–Trinajstić information content (AvgIpc) is 2.97. The summed E-state index contributed by atoms with van der Waals surface area (Å²) < 4.78 is 41.5. The first-order chi connectivity index (χ1) is 12.9. The van der Waals surface area contributed by atoms with E-state index in [4.69, 9.17) is 5.73 Å². The van der Waals surface area contributed by atoms with E-state index in [0.717, 1.165) is 0 Å². The van der Waals surface area contributed by atoms with E-state index in [1.165, 1.54) is 18.3 Å². The van der Waals surface area contributed by atoms with Crippen molar-refractivity contribution in [2.75, 3.05) is 0 Å². The molecule has 1 aliphatic heterocycles. The van der Waals surface area contributed by atoms with Gasteiger partial charge in [0.05, 0.1) is 5.56 Å². The zero-order valence-corrected chi connectivity index (χ0v) is 15.3. The summed E-state index contributed by atoms with van der Waals surface area (Å²) in [6.45, 7) is 0. The van der Waals surface area contributed by atoms with Crippen LogP contribution in [0.3, 0.4) is 0 Å². The second-order valence-corrected chi connectivity index (χ2v) is 6.82. The number of aliphatic imine (C=N–C) groups is 1. The minimum absolute atomic E-state index is 0.00597. The predicted octanol–water partition coefficient (Wildman–Crippen LogP) is 4.33. The molecule has 0 spiro atoms. The number of nitrogens with zero attached hydrogens (tertiary/aromatic N) is 3. The molecule has 27 heavy (non-hydrogen) atoms. The average molecular weight is 433 g/mol. The Balaban J connectivity index is 2.09. The standard InChI is InChI=1S/C19H12BrF3N4/c20-15-9-11(5-7-26-15)19(10-4-6-25-14(8-10)17(22)23)12-2-1-3-13(21)16(12)18(24)27-19/h1-9,17H,(H2,24,27). The van der Waals surface area contributed by atoms with Gasteiger partial charge in [0.1, 0.15) is 27.5 Å². The van der Waals surface area contributed by atoms with Crippen LogP contribution < -0.4 is 5.73 Å². The summed E-state index contributed by atoms with van der Waals surface area (Å²) in [5.74, 6) is -0.515. The van der Waals surface area contributed by atoms with Gasteiger partial charge in [-0.05, 0) is 57.4 Å². The predicted molar refractivity (Wildman–Crippen MR) is 98.1 cm³/mol. The van der Waals surface area contributed by atoms with Gasteiger partial charge in [0.2, 0.25) is 0 Å². The summed E-state index contributed by atoms with van der Waals surface area (Å²) in [5, 5.41) is 0. The Morgan fingerprint density at radius 3 is 2.41 bits per heavy atom. The number of hydrogen-bond donors (Lipinski definition) is 1. The summed E-state index contributed by atoms with van der Waals surface area (Å²) in [7, 11) is 0. The molecule has 2 N–H and O–H groups in total. The van der Waals surface area contributed by atoms with Gasteiger partial charge in [-0.15, -0.1) is 0 Å². The van der Waals surface area contributed by atoms with Crippen molar-refractivity contribution < 1.29 is 13.2 Å². The SMILES string of the molecule is NC1=NC(c2ccnc(Br)c2)(c2ccnc(C(F)F)c2)c2cccc(F)c21. The van der Waals surface area contributed by atoms with Crippen LogP contribution in [-0.4, -0.2) is 15.8 Å². The Morgan fingerprint density at radius 2 is 1.70 bits per heavy atom. The molecule has 0 amide bonds. The van der Waals surface area contributed by atoms with Crippen LogP contribution in [0.25, 0.3) is 0 Å². The molecule has 4 nitrogen and oxygen atoms in total. The number of hydrogen-bond acceptors (Lipinski definition) is 4. The van der Waals surface area contributed by atoms with Crippen molar-refractivity contribution in [2.45, 2.75) is 12.0 Å². The molecule has 4 rings (SSSR count). The Morgan fingerprint density at radius 1 is 1.00 bits per heavy atom. The molecule has 0 saturated heterocycles. The molecule has 0 aliphatic carbocycles. The van der Waals surface area contributed by atoms with E-state index in [9.17, 15) is 13.2 Å². The van der Waals surface area contributed by atoms with Crippen molar-refractivity contribution in [2.24, 2.45) is 10.7 Å². The second kappa shape index (κ2) is 6.45. The van der Waals surface area contributed by atoms with Gasteiger partial charge in [-0.25, -0.2) is 23.1 Å². The molecular formula is C19H12BrF3N4. The Labute approximate surface area is 161 Å². The van der Waals surface area contributed by atoms with Crippen LogP contribution in [0.5, 0.6) is 0 Å². The zero-order chi connectivity index (χ0) is 19.2. The molecule has 0 bridgehead atoms. The lowest BCUT2D eigenvalue weighted by molar-refractivity contribution is 0.146. The number of nitrogens with two attached hydrogens (primary N) is 1. The fraction of sp³-hybridized carbons (Fsp3) is 0.105. The van der Waals surface area contributed by atoms with Crippen molar-refractivity contribution in [1.82, 2.24) is 9.97 Å². The molecule has 8 heteroatoms. The minimum atomic E-state index is -2.75. The fourth-order valence-electron chi connectivity index (χ4n) is 3.41. The van der Waals surface area contributed by atoms with E-state index in [1.807, 2.05) is 0 Å². The Hall–Kier alpha value is -2.74. The van der Waals surface area contributed by atoms with Gasteiger partial charge in [0.15, 0.2) is 0 Å². The normalized spacial score (nSPS) is 18.5. The molecule has 136 valence electrons. The van der Waals surface area contributed by atoms with Gasteiger partial charge < -0.3 is 5.73 Å². The second-order valence-electron chi connectivity index (χ2n) is 6.01. The monoisotopic (exact) mass is 432 g/mol. The summed E-state index contributed by atoms with van der Waals surface area (Å²) in [6.07, 6.45) is 0.0953. The van der Waals surface area contributed by atoms with Crippen LogP contribution in [0.15, 0.2) is 64.5 Å². The van der Waals surface area contributed by atoms with E-state index in [-0.39, 0.29) is 11.4 Å². The molecule has 0 fully saturated rings. The van der Waals surface area contributed by atoms with Gasteiger partial charge >= 0.3 is 0 Å². The van der Waals surface area contributed by atoms with E-state index in [1.54, 1.807) is 36.5 Å².